The van der Waals surface area contributed by atoms with Crippen LogP contribution in [0.5, 0.6) is 5.75 Å². The molecule has 0 unspecified atom stereocenters. The van der Waals surface area contributed by atoms with Crippen LogP contribution in [0.3, 0.4) is 0 Å². The molecule has 0 amide bonds. The highest BCUT2D eigenvalue weighted by Crippen LogP contribution is 2.37. The van der Waals surface area contributed by atoms with Crippen LogP contribution in [0.4, 0.5) is 4.39 Å². The predicted octanol–water partition coefficient (Wildman–Crippen LogP) is 4.04. The molecule has 0 radical (unpaired) electrons. The largest absolute Gasteiger partial charge is 0.497 e. The molecule has 2 aromatic carbocycles. The van der Waals surface area contributed by atoms with Crippen molar-refractivity contribution in [3.05, 3.63) is 47.4 Å². The maximum Gasteiger partial charge on any atom is 0.497 e. The van der Waals surface area contributed by atoms with Crippen LogP contribution < -0.4 is 10.2 Å². The Labute approximate surface area is 179 Å². The SMILES string of the molecule is CC(=O)Oc1ccc(-n2nc3cc(F)c(B4OC(C)(C)C(C)(C)O4)cc3c2Cl)cc1. The number of carbonyl (C=O) groups is 1. The number of rotatable bonds is 3. The number of aromatic nitrogens is 2. The van der Waals surface area contributed by atoms with E-state index in [1.807, 2.05) is 27.7 Å². The van der Waals surface area contributed by atoms with Crippen molar-refractivity contribution in [3.63, 3.8) is 0 Å². The van der Waals surface area contributed by atoms with Gasteiger partial charge in [0.1, 0.15) is 16.7 Å². The summed E-state index contributed by atoms with van der Waals surface area (Å²) < 4.78 is 33.4. The number of hydrogen-bond acceptors (Lipinski definition) is 5. The first kappa shape index (κ1) is 20.8. The van der Waals surface area contributed by atoms with Crippen LogP contribution in [0, 0.1) is 5.82 Å². The summed E-state index contributed by atoms with van der Waals surface area (Å²) in [7, 11) is -0.846. The molecule has 0 spiro atoms. The molecular weight excluding hydrogens is 410 g/mol. The number of fused-ring (bicyclic) bond motifs is 1. The Morgan fingerprint density at radius 2 is 1.73 bits per heavy atom. The second kappa shape index (κ2) is 7.08. The fraction of sp³-hybridized carbons (Fsp3) is 0.333. The number of hydrogen-bond donors (Lipinski definition) is 0. The van der Waals surface area contributed by atoms with E-state index < -0.39 is 30.1 Å². The highest BCUT2D eigenvalue weighted by molar-refractivity contribution is 6.62. The summed E-state index contributed by atoms with van der Waals surface area (Å²) in [5.74, 6) is -0.475. The van der Waals surface area contributed by atoms with Gasteiger partial charge in [0, 0.05) is 23.8 Å². The molecular formula is C21H21BClFN2O4. The van der Waals surface area contributed by atoms with Gasteiger partial charge in [0.25, 0.3) is 0 Å². The number of ether oxygens (including phenoxy) is 1. The average Bonchev–Trinajstić information content (AvgIpc) is 3.06. The van der Waals surface area contributed by atoms with E-state index in [1.165, 1.54) is 17.7 Å². The molecule has 1 saturated heterocycles. The zero-order valence-electron chi connectivity index (χ0n) is 17.3. The standard InChI is InChI=1S/C21H21BClFN2O4/c1-12(27)28-14-8-6-13(7-9-14)26-19(23)15-10-16(17(24)11-18(15)25-26)22-29-20(2,3)21(4,5)30-22/h6-11H,1-5H3. The maximum absolute atomic E-state index is 14.9. The van der Waals surface area contributed by atoms with Gasteiger partial charge in [0.15, 0.2) is 0 Å². The van der Waals surface area contributed by atoms with Gasteiger partial charge in [-0.1, -0.05) is 11.6 Å². The molecule has 0 bridgehead atoms. The summed E-state index contributed by atoms with van der Waals surface area (Å²) in [4.78, 5) is 11.1. The Morgan fingerprint density at radius 1 is 1.13 bits per heavy atom. The van der Waals surface area contributed by atoms with Gasteiger partial charge in [0.05, 0.1) is 22.4 Å². The average molecular weight is 431 g/mol. The lowest BCUT2D eigenvalue weighted by Gasteiger charge is -2.32. The lowest BCUT2D eigenvalue weighted by Crippen LogP contribution is -2.41. The van der Waals surface area contributed by atoms with Crippen molar-refractivity contribution in [1.29, 1.82) is 0 Å². The Balaban J connectivity index is 1.73. The minimum Gasteiger partial charge on any atom is -0.427 e. The molecule has 30 heavy (non-hydrogen) atoms. The van der Waals surface area contributed by atoms with Gasteiger partial charge in [-0.25, -0.2) is 9.07 Å². The summed E-state index contributed by atoms with van der Waals surface area (Å²) in [6, 6.07) is 9.63. The molecule has 0 saturated carbocycles. The van der Waals surface area contributed by atoms with Crippen LogP contribution in [0.2, 0.25) is 5.15 Å². The molecule has 0 aliphatic carbocycles. The van der Waals surface area contributed by atoms with Gasteiger partial charge < -0.3 is 14.0 Å². The summed E-state index contributed by atoms with van der Waals surface area (Å²) >= 11 is 6.57. The van der Waals surface area contributed by atoms with Crippen molar-refractivity contribution in [3.8, 4) is 11.4 Å². The van der Waals surface area contributed by atoms with E-state index in [9.17, 15) is 9.18 Å². The Hall–Kier alpha value is -2.42. The number of halogens is 2. The molecule has 0 atom stereocenters. The first-order valence-corrected chi connectivity index (χ1v) is 9.88. The molecule has 156 valence electrons. The van der Waals surface area contributed by atoms with Crippen LogP contribution >= 0.6 is 11.6 Å². The van der Waals surface area contributed by atoms with E-state index in [0.717, 1.165) is 0 Å². The first-order valence-electron chi connectivity index (χ1n) is 9.51. The summed E-state index contributed by atoms with van der Waals surface area (Å²) in [6.07, 6.45) is 0. The van der Waals surface area contributed by atoms with Crippen molar-refractivity contribution in [2.45, 2.75) is 45.8 Å². The van der Waals surface area contributed by atoms with Gasteiger partial charge in [-0.05, 0) is 58.0 Å². The molecule has 1 aromatic heterocycles. The second-order valence-electron chi connectivity index (χ2n) is 8.27. The fourth-order valence-electron chi connectivity index (χ4n) is 3.24. The van der Waals surface area contributed by atoms with Gasteiger partial charge >= 0.3 is 13.1 Å². The lowest BCUT2D eigenvalue weighted by atomic mass is 9.78. The van der Waals surface area contributed by atoms with E-state index >= 15 is 0 Å². The monoisotopic (exact) mass is 430 g/mol. The van der Waals surface area contributed by atoms with E-state index in [4.69, 9.17) is 25.6 Å². The highest BCUT2D eigenvalue weighted by atomic mass is 35.5. The molecule has 1 fully saturated rings. The lowest BCUT2D eigenvalue weighted by molar-refractivity contribution is -0.131. The number of benzene rings is 2. The van der Waals surface area contributed by atoms with Crippen molar-refractivity contribution in [2.75, 3.05) is 0 Å². The van der Waals surface area contributed by atoms with Crippen molar-refractivity contribution in [1.82, 2.24) is 9.78 Å². The smallest absolute Gasteiger partial charge is 0.427 e. The van der Waals surface area contributed by atoms with Crippen LogP contribution in [0.1, 0.15) is 34.6 Å². The topological polar surface area (TPSA) is 62.6 Å². The number of nitrogens with zero attached hydrogens (tertiary/aromatic N) is 2. The van der Waals surface area contributed by atoms with Crippen molar-refractivity contribution in [2.24, 2.45) is 0 Å². The summed E-state index contributed by atoms with van der Waals surface area (Å²) in [5.41, 5.74) is 0.146. The molecule has 1 aliphatic rings. The molecule has 4 rings (SSSR count). The van der Waals surface area contributed by atoms with Gasteiger partial charge in [-0.3, -0.25) is 4.79 Å². The van der Waals surface area contributed by atoms with E-state index in [-0.39, 0.29) is 5.46 Å². The van der Waals surface area contributed by atoms with Crippen molar-refractivity contribution >= 4 is 41.1 Å². The maximum atomic E-state index is 14.9. The first-order chi connectivity index (χ1) is 14.0. The van der Waals surface area contributed by atoms with Crippen LogP contribution in [0.15, 0.2) is 36.4 Å². The molecule has 6 nitrogen and oxygen atoms in total. The Bertz CT molecular complexity index is 1130. The second-order valence-corrected chi connectivity index (χ2v) is 8.63. The zero-order valence-corrected chi connectivity index (χ0v) is 18.1. The molecule has 9 heteroatoms. The van der Waals surface area contributed by atoms with E-state index in [2.05, 4.69) is 5.10 Å². The highest BCUT2D eigenvalue weighted by Gasteiger charge is 2.52. The fourth-order valence-corrected chi connectivity index (χ4v) is 3.52. The van der Waals surface area contributed by atoms with Gasteiger partial charge in [-0.2, -0.15) is 5.10 Å². The third-order valence-electron chi connectivity index (χ3n) is 5.58. The van der Waals surface area contributed by atoms with Crippen LogP contribution in [0.25, 0.3) is 16.6 Å². The van der Waals surface area contributed by atoms with Crippen molar-refractivity contribution < 1.29 is 23.2 Å². The van der Waals surface area contributed by atoms with E-state index in [0.29, 0.717) is 27.5 Å². The summed E-state index contributed by atoms with van der Waals surface area (Å²) in [5, 5.41) is 5.31. The quantitative estimate of drug-likeness (QED) is 0.356. The van der Waals surface area contributed by atoms with Crippen LogP contribution in [-0.2, 0) is 14.1 Å². The van der Waals surface area contributed by atoms with E-state index in [1.54, 1.807) is 30.3 Å². The molecule has 3 aromatic rings. The number of esters is 1. The number of carbonyl (C=O) groups excluding carboxylic acids is 1. The predicted molar refractivity (Wildman–Crippen MR) is 113 cm³/mol. The van der Waals surface area contributed by atoms with Gasteiger partial charge in [0.2, 0.25) is 0 Å². The summed E-state index contributed by atoms with van der Waals surface area (Å²) in [6.45, 7) is 8.97. The third kappa shape index (κ3) is 3.49. The molecule has 1 aliphatic heterocycles. The molecule has 2 heterocycles. The normalized spacial score (nSPS) is 17.5. The van der Waals surface area contributed by atoms with Gasteiger partial charge in [-0.15, -0.1) is 0 Å². The third-order valence-corrected chi connectivity index (χ3v) is 5.94. The molecule has 0 N–H and O–H groups in total. The minimum absolute atomic E-state index is 0.271. The van der Waals surface area contributed by atoms with Crippen LogP contribution in [-0.4, -0.2) is 34.1 Å². The zero-order chi connectivity index (χ0) is 21.8. The Morgan fingerprint density at radius 3 is 2.30 bits per heavy atom. The Kier molecular flexibility index (Phi) is 4.92. The minimum atomic E-state index is -0.846.